The van der Waals surface area contributed by atoms with Crippen LogP contribution in [0.1, 0.15) is 50.3 Å². The number of ether oxygens (including phenoxy) is 1. The van der Waals surface area contributed by atoms with Crippen molar-refractivity contribution in [1.29, 1.82) is 0 Å². The number of rotatable bonds is 11. The number of hydrogen-bond acceptors (Lipinski definition) is 6. The predicted molar refractivity (Wildman–Crippen MR) is 162 cm³/mol. The molecule has 1 aromatic heterocycles. The summed E-state index contributed by atoms with van der Waals surface area (Å²) >= 11 is 6.00. The van der Waals surface area contributed by atoms with Crippen LogP contribution in [0, 0.1) is 12.8 Å². The SMILES string of the molecule is CCOC(=O)C1=C(C)N(CC(C)C)C(=O)/C1=C/c1ccc(CN(Cc2ccc(C)cc2)S(=O)(=O)c2ccc(Cl)cc2)o1. The van der Waals surface area contributed by atoms with Crippen molar-refractivity contribution in [1.82, 2.24) is 9.21 Å². The van der Waals surface area contributed by atoms with Gasteiger partial charge in [0, 0.05) is 23.8 Å². The number of hydrogen-bond donors (Lipinski definition) is 0. The molecule has 1 aliphatic rings. The second-order valence-electron chi connectivity index (χ2n) is 10.6. The highest BCUT2D eigenvalue weighted by Crippen LogP contribution is 2.33. The number of amides is 1. The fourth-order valence-corrected chi connectivity index (χ4v) is 6.19. The number of benzene rings is 2. The van der Waals surface area contributed by atoms with Gasteiger partial charge in [0.1, 0.15) is 11.5 Å². The zero-order valence-electron chi connectivity index (χ0n) is 24.4. The molecule has 2 heterocycles. The number of carbonyl (C=O) groups excluding carboxylic acids is 2. The maximum absolute atomic E-state index is 13.7. The highest BCUT2D eigenvalue weighted by molar-refractivity contribution is 7.89. The van der Waals surface area contributed by atoms with Crippen molar-refractivity contribution in [3.05, 3.63) is 105 Å². The molecule has 8 nitrogen and oxygen atoms in total. The summed E-state index contributed by atoms with van der Waals surface area (Å²) in [6.45, 7) is 10.1. The van der Waals surface area contributed by atoms with Crippen molar-refractivity contribution >= 4 is 39.6 Å². The monoisotopic (exact) mass is 610 g/mol. The van der Waals surface area contributed by atoms with Gasteiger partial charge in [-0.05, 0) is 74.7 Å². The summed E-state index contributed by atoms with van der Waals surface area (Å²) in [7, 11) is -3.93. The van der Waals surface area contributed by atoms with Gasteiger partial charge >= 0.3 is 5.97 Å². The molecule has 3 aromatic rings. The van der Waals surface area contributed by atoms with E-state index < -0.39 is 16.0 Å². The van der Waals surface area contributed by atoms with Crippen LogP contribution < -0.4 is 0 Å². The number of halogens is 1. The molecule has 0 N–H and O–H groups in total. The van der Waals surface area contributed by atoms with E-state index in [9.17, 15) is 18.0 Å². The third-order valence-corrected chi connectivity index (χ3v) is 8.83. The van der Waals surface area contributed by atoms with E-state index in [4.69, 9.17) is 20.8 Å². The van der Waals surface area contributed by atoms with Crippen LogP contribution in [0.15, 0.2) is 86.8 Å². The average molecular weight is 611 g/mol. The van der Waals surface area contributed by atoms with Crippen LogP contribution >= 0.6 is 11.6 Å². The second kappa shape index (κ2) is 13.1. The molecule has 4 rings (SSSR count). The van der Waals surface area contributed by atoms with Crippen LogP contribution in [-0.2, 0) is 37.4 Å². The molecule has 2 aromatic carbocycles. The molecule has 10 heteroatoms. The lowest BCUT2D eigenvalue weighted by molar-refractivity contribution is -0.138. The summed E-state index contributed by atoms with van der Waals surface area (Å²) in [4.78, 5) is 27.9. The van der Waals surface area contributed by atoms with Crippen LogP contribution in [0.4, 0.5) is 0 Å². The van der Waals surface area contributed by atoms with Crippen LogP contribution in [0.25, 0.3) is 6.08 Å². The second-order valence-corrected chi connectivity index (χ2v) is 12.9. The Morgan fingerprint density at radius 1 is 1.02 bits per heavy atom. The Bertz CT molecular complexity index is 1620. The largest absolute Gasteiger partial charge is 0.462 e. The third kappa shape index (κ3) is 7.03. The molecule has 1 amide bonds. The van der Waals surface area contributed by atoms with Gasteiger partial charge in [-0.15, -0.1) is 0 Å². The third-order valence-electron chi connectivity index (χ3n) is 6.77. The Hall–Kier alpha value is -3.66. The van der Waals surface area contributed by atoms with Gasteiger partial charge < -0.3 is 14.1 Å². The van der Waals surface area contributed by atoms with E-state index in [1.54, 1.807) is 30.9 Å². The van der Waals surface area contributed by atoms with Gasteiger partial charge in [-0.25, -0.2) is 13.2 Å². The van der Waals surface area contributed by atoms with Crippen LogP contribution in [0.5, 0.6) is 0 Å². The molecule has 0 atom stereocenters. The number of nitrogens with zero attached hydrogens (tertiary/aromatic N) is 2. The molecule has 0 spiro atoms. The average Bonchev–Trinajstić information content (AvgIpc) is 3.47. The molecule has 42 heavy (non-hydrogen) atoms. The maximum atomic E-state index is 13.7. The summed E-state index contributed by atoms with van der Waals surface area (Å²) in [6, 6.07) is 17.0. The molecule has 0 unspecified atom stereocenters. The zero-order chi connectivity index (χ0) is 30.6. The van der Waals surface area contributed by atoms with Gasteiger partial charge in [0.05, 0.1) is 29.2 Å². The number of furan rings is 1. The fourth-order valence-electron chi connectivity index (χ4n) is 4.67. The Labute approximate surface area is 252 Å². The van der Waals surface area contributed by atoms with Gasteiger partial charge in [-0.3, -0.25) is 4.79 Å². The summed E-state index contributed by atoms with van der Waals surface area (Å²) in [5, 5.41) is 0.433. The van der Waals surface area contributed by atoms with Gasteiger partial charge in [-0.1, -0.05) is 55.3 Å². The fraction of sp³-hybridized carbons (Fsp3) is 0.312. The quantitative estimate of drug-likeness (QED) is 0.185. The predicted octanol–water partition coefficient (Wildman–Crippen LogP) is 6.35. The van der Waals surface area contributed by atoms with E-state index in [-0.39, 0.29) is 47.6 Å². The molecule has 222 valence electrons. The lowest BCUT2D eigenvalue weighted by atomic mass is 10.1. The van der Waals surface area contributed by atoms with E-state index in [0.717, 1.165) is 11.1 Å². The first-order valence-corrected chi connectivity index (χ1v) is 15.5. The highest BCUT2D eigenvalue weighted by Gasteiger charge is 2.37. The van der Waals surface area contributed by atoms with Crippen molar-refractivity contribution in [3.8, 4) is 0 Å². The van der Waals surface area contributed by atoms with Crippen molar-refractivity contribution in [2.45, 2.75) is 52.6 Å². The Kier molecular flexibility index (Phi) is 9.76. The summed E-state index contributed by atoms with van der Waals surface area (Å²) < 4.78 is 40.0. The standard InChI is InChI=1S/C32H35ClN2O6S/c1-6-40-32(37)30-23(5)35(18-21(2)3)31(36)29(30)17-26-13-14-27(41-26)20-34(19-24-9-7-22(4)8-10-24)42(38,39)28-15-11-25(33)12-16-28/h7-17,21H,6,18-20H2,1-5H3/b29-17+. The molecule has 0 bridgehead atoms. The first-order valence-electron chi connectivity index (χ1n) is 13.7. The molecule has 1 aliphatic heterocycles. The number of sulfonamides is 1. The van der Waals surface area contributed by atoms with Crippen LogP contribution in [0.3, 0.4) is 0 Å². The van der Waals surface area contributed by atoms with Crippen LogP contribution in [0.2, 0.25) is 5.02 Å². The molecule has 0 fully saturated rings. The van der Waals surface area contributed by atoms with Gasteiger partial charge in [0.25, 0.3) is 5.91 Å². The molecular formula is C32H35ClN2O6S. The Morgan fingerprint density at radius 2 is 1.69 bits per heavy atom. The topological polar surface area (TPSA) is 97.1 Å². The van der Waals surface area contributed by atoms with E-state index >= 15 is 0 Å². The first-order chi connectivity index (χ1) is 19.9. The minimum atomic E-state index is -3.93. The Balaban J connectivity index is 1.67. The zero-order valence-corrected chi connectivity index (χ0v) is 26.0. The normalized spacial score (nSPS) is 15.0. The molecule has 0 saturated heterocycles. The van der Waals surface area contributed by atoms with Crippen molar-refractivity contribution < 1.29 is 27.2 Å². The van der Waals surface area contributed by atoms with Crippen molar-refractivity contribution in [2.75, 3.05) is 13.2 Å². The number of esters is 1. The molecule has 0 radical (unpaired) electrons. The lowest BCUT2D eigenvalue weighted by Gasteiger charge is -2.21. The summed E-state index contributed by atoms with van der Waals surface area (Å²) in [5.41, 5.74) is 2.79. The first kappa shape index (κ1) is 31.3. The minimum absolute atomic E-state index is 0.0605. The number of aryl methyl sites for hydroxylation is 1. The number of carbonyl (C=O) groups is 2. The minimum Gasteiger partial charge on any atom is -0.462 e. The number of allylic oxidation sites excluding steroid dienone is 1. The maximum Gasteiger partial charge on any atom is 0.340 e. The van der Waals surface area contributed by atoms with E-state index in [2.05, 4.69) is 0 Å². The molecule has 0 saturated carbocycles. The van der Waals surface area contributed by atoms with E-state index in [0.29, 0.717) is 28.8 Å². The summed E-state index contributed by atoms with van der Waals surface area (Å²) in [6.07, 6.45) is 1.51. The molecule has 0 aliphatic carbocycles. The van der Waals surface area contributed by atoms with Gasteiger partial charge in [0.2, 0.25) is 10.0 Å². The molecular weight excluding hydrogens is 576 g/mol. The van der Waals surface area contributed by atoms with E-state index in [1.807, 2.05) is 45.0 Å². The Morgan fingerprint density at radius 3 is 2.31 bits per heavy atom. The van der Waals surface area contributed by atoms with Gasteiger partial charge in [0.15, 0.2) is 0 Å². The van der Waals surface area contributed by atoms with Crippen molar-refractivity contribution in [2.24, 2.45) is 5.92 Å². The van der Waals surface area contributed by atoms with Gasteiger partial charge in [-0.2, -0.15) is 4.31 Å². The lowest BCUT2D eigenvalue weighted by Crippen LogP contribution is -2.30. The van der Waals surface area contributed by atoms with Crippen LogP contribution in [-0.4, -0.2) is 42.7 Å². The van der Waals surface area contributed by atoms with E-state index in [1.165, 1.54) is 34.6 Å². The smallest absolute Gasteiger partial charge is 0.340 e. The van der Waals surface area contributed by atoms with Crippen molar-refractivity contribution in [3.63, 3.8) is 0 Å². The summed E-state index contributed by atoms with van der Waals surface area (Å²) in [5.74, 6) is -0.0219. The highest BCUT2D eigenvalue weighted by atomic mass is 35.5.